The number of imidazole rings is 1. The van der Waals surface area contributed by atoms with Crippen LogP contribution in [0.25, 0.3) is 5.65 Å². The fraction of sp³-hybridized carbons (Fsp3) is 0.267. The van der Waals surface area contributed by atoms with Gasteiger partial charge in [-0.05, 0) is 30.9 Å². The zero-order valence-electron chi connectivity index (χ0n) is 11.5. The Bertz CT molecular complexity index is 757. The molecule has 0 amide bonds. The molecule has 3 aromatic heterocycles. The Morgan fingerprint density at radius 1 is 1.27 bits per heavy atom. The molecule has 4 rings (SSSR count). The van der Waals surface area contributed by atoms with Crippen molar-refractivity contribution in [3.8, 4) is 0 Å². The molecule has 0 radical (unpaired) electrons. The number of fused-ring (bicyclic) bond motifs is 1. The number of pyridine rings is 1. The van der Waals surface area contributed by atoms with E-state index in [1.54, 1.807) is 10.7 Å². The summed E-state index contributed by atoms with van der Waals surface area (Å²) in [5.41, 5.74) is 2.16. The molecule has 1 fully saturated rings. The van der Waals surface area contributed by atoms with Crippen molar-refractivity contribution in [3.63, 3.8) is 0 Å². The Morgan fingerprint density at radius 2 is 2.09 bits per heavy atom. The average Bonchev–Trinajstić information content (AvgIpc) is 3.26. The largest absolute Gasteiger partial charge is 0.265 e. The fourth-order valence-corrected chi connectivity index (χ4v) is 2.31. The fourth-order valence-electron chi connectivity index (χ4n) is 2.11. The summed E-state index contributed by atoms with van der Waals surface area (Å²) in [4.78, 5) is 7.79. The predicted octanol–water partition coefficient (Wildman–Crippen LogP) is 4.28. The van der Waals surface area contributed by atoms with Gasteiger partial charge < -0.3 is 0 Å². The van der Waals surface area contributed by atoms with Crippen LogP contribution in [0, 0.1) is 0 Å². The van der Waals surface area contributed by atoms with Crippen molar-refractivity contribution in [3.05, 3.63) is 59.3 Å². The summed E-state index contributed by atoms with van der Waals surface area (Å²) in [5, 5.41) is 4.67. The van der Waals surface area contributed by atoms with Crippen LogP contribution in [-0.2, 0) is 0 Å². The van der Waals surface area contributed by atoms with Crippen molar-refractivity contribution in [1.29, 1.82) is 0 Å². The molecule has 0 bridgehead atoms. The van der Waals surface area contributed by atoms with Gasteiger partial charge in [-0.3, -0.25) is 4.98 Å². The van der Waals surface area contributed by atoms with Crippen molar-refractivity contribution >= 4 is 17.2 Å². The third-order valence-corrected chi connectivity index (χ3v) is 3.50. The highest BCUT2D eigenvalue weighted by molar-refractivity contribution is 6.29. The van der Waals surface area contributed by atoms with Gasteiger partial charge in [0.1, 0.15) is 5.15 Å². The van der Waals surface area contributed by atoms with E-state index < -0.39 is 6.43 Å². The van der Waals surface area contributed by atoms with Gasteiger partial charge in [-0.15, -0.1) is 0 Å². The van der Waals surface area contributed by atoms with Gasteiger partial charge in [0, 0.05) is 35.9 Å². The summed E-state index contributed by atoms with van der Waals surface area (Å²) in [6.45, 7) is 0. The van der Waals surface area contributed by atoms with Crippen LogP contribution in [0.3, 0.4) is 0 Å². The molecule has 0 atom stereocenters. The predicted molar refractivity (Wildman–Crippen MR) is 79.2 cm³/mol. The van der Waals surface area contributed by atoms with Gasteiger partial charge in [-0.25, -0.2) is 18.3 Å². The minimum absolute atomic E-state index is 0.0301. The maximum absolute atomic E-state index is 11.7. The summed E-state index contributed by atoms with van der Waals surface area (Å²) in [6.07, 6.45) is 6.30. The normalized spacial score (nSPS) is 14.0. The van der Waals surface area contributed by atoms with E-state index in [0.29, 0.717) is 11.1 Å². The van der Waals surface area contributed by atoms with Crippen molar-refractivity contribution in [1.82, 2.24) is 19.6 Å². The summed E-state index contributed by atoms with van der Waals surface area (Å²) >= 11 is 5.89. The number of rotatable bonds is 2. The molecule has 1 aliphatic rings. The third-order valence-electron chi connectivity index (χ3n) is 3.31. The molecule has 1 aliphatic carbocycles. The van der Waals surface area contributed by atoms with E-state index in [4.69, 9.17) is 11.6 Å². The highest BCUT2D eigenvalue weighted by Gasteiger charge is 2.26. The van der Waals surface area contributed by atoms with Gasteiger partial charge in [0.25, 0.3) is 6.43 Å². The van der Waals surface area contributed by atoms with E-state index >= 15 is 0 Å². The third kappa shape index (κ3) is 3.39. The lowest BCUT2D eigenvalue weighted by molar-refractivity contribution is 0.151. The highest BCUT2D eigenvalue weighted by atomic mass is 35.5. The summed E-state index contributed by atoms with van der Waals surface area (Å²) in [6, 6.07) is 4.76. The molecule has 0 unspecified atom stereocenters. The Balaban J connectivity index is 0.000000142. The molecule has 0 N–H and O–H groups in total. The summed E-state index contributed by atoms with van der Waals surface area (Å²) < 4.78 is 25.2. The maximum atomic E-state index is 11.7. The average molecular weight is 323 g/mol. The standard InChI is InChI=1S/C9H8ClN3.C6H5F2N/c10-8-5-7(6-1-2-6)9-11-3-4-13(9)12-8;7-6(8)5-2-1-3-9-4-5/h3-6H,1-2H2;1-4,6H. The number of alkyl halides is 2. The molecule has 1 saturated carbocycles. The number of aromatic nitrogens is 4. The Morgan fingerprint density at radius 3 is 2.68 bits per heavy atom. The van der Waals surface area contributed by atoms with Gasteiger partial charge in [0.2, 0.25) is 0 Å². The molecular weight excluding hydrogens is 310 g/mol. The second kappa shape index (κ2) is 6.36. The molecule has 3 aromatic rings. The molecule has 0 saturated heterocycles. The van der Waals surface area contributed by atoms with Crippen molar-refractivity contribution in [2.75, 3.05) is 0 Å². The van der Waals surface area contributed by atoms with Crippen LogP contribution in [0.15, 0.2) is 43.0 Å². The second-order valence-electron chi connectivity index (χ2n) is 4.98. The second-order valence-corrected chi connectivity index (χ2v) is 5.37. The van der Waals surface area contributed by atoms with E-state index in [1.807, 2.05) is 12.3 Å². The summed E-state index contributed by atoms with van der Waals surface area (Å²) in [5.74, 6) is 0.658. The first-order chi connectivity index (χ1) is 10.6. The van der Waals surface area contributed by atoms with E-state index in [-0.39, 0.29) is 5.56 Å². The molecule has 3 heterocycles. The van der Waals surface area contributed by atoms with E-state index in [2.05, 4.69) is 15.1 Å². The maximum Gasteiger partial charge on any atom is 0.265 e. The number of halogens is 3. The first-order valence-electron chi connectivity index (χ1n) is 6.83. The van der Waals surface area contributed by atoms with Crippen molar-refractivity contribution in [2.24, 2.45) is 0 Å². The molecular formula is C15H13ClF2N4. The Hall–Kier alpha value is -2.08. The first kappa shape index (κ1) is 14.8. The molecule has 0 aromatic carbocycles. The molecule has 114 valence electrons. The minimum atomic E-state index is -2.40. The van der Waals surface area contributed by atoms with Crippen LogP contribution in [0.5, 0.6) is 0 Å². The van der Waals surface area contributed by atoms with E-state index in [0.717, 1.165) is 11.8 Å². The van der Waals surface area contributed by atoms with Crippen molar-refractivity contribution in [2.45, 2.75) is 25.2 Å². The van der Waals surface area contributed by atoms with Gasteiger partial charge >= 0.3 is 0 Å². The van der Waals surface area contributed by atoms with Gasteiger partial charge in [-0.2, -0.15) is 5.10 Å². The van der Waals surface area contributed by atoms with Crippen LogP contribution in [0.4, 0.5) is 8.78 Å². The number of nitrogens with zero attached hydrogens (tertiary/aromatic N) is 4. The van der Waals surface area contributed by atoms with Gasteiger partial charge in [0.05, 0.1) is 0 Å². The molecule has 22 heavy (non-hydrogen) atoms. The molecule has 7 heteroatoms. The Labute approximate surface area is 130 Å². The lowest BCUT2D eigenvalue weighted by Gasteiger charge is -2.00. The van der Waals surface area contributed by atoms with Crippen LogP contribution >= 0.6 is 11.6 Å². The molecule has 0 spiro atoms. The quantitative estimate of drug-likeness (QED) is 0.707. The van der Waals surface area contributed by atoms with Crippen molar-refractivity contribution < 1.29 is 8.78 Å². The van der Waals surface area contributed by atoms with E-state index in [1.165, 1.54) is 36.7 Å². The monoisotopic (exact) mass is 322 g/mol. The molecule has 4 nitrogen and oxygen atoms in total. The lowest BCUT2D eigenvalue weighted by Crippen LogP contribution is -1.95. The topological polar surface area (TPSA) is 43.1 Å². The smallest absolute Gasteiger partial charge is 0.264 e. The Kier molecular flexibility index (Phi) is 4.29. The van der Waals surface area contributed by atoms with Crippen LogP contribution in [-0.4, -0.2) is 19.6 Å². The lowest BCUT2D eigenvalue weighted by atomic mass is 10.2. The zero-order valence-corrected chi connectivity index (χ0v) is 12.3. The zero-order chi connectivity index (χ0) is 15.5. The highest BCUT2D eigenvalue weighted by Crippen LogP contribution is 2.41. The van der Waals surface area contributed by atoms with Crippen LogP contribution in [0.1, 0.15) is 36.3 Å². The van der Waals surface area contributed by atoms with E-state index in [9.17, 15) is 8.78 Å². The van der Waals surface area contributed by atoms with Crippen LogP contribution in [0.2, 0.25) is 5.15 Å². The minimum Gasteiger partial charge on any atom is -0.264 e. The van der Waals surface area contributed by atoms with Gasteiger partial charge in [-0.1, -0.05) is 17.7 Å². The summed E-state index contributed by atoms with van der Waals surface area (Å²) in [7, 11) is 0. The van der Waals surface area contributed by atoms with Crippen LogP contribution < -0.4 is 0 Å². The first-order valence-corrected chi connectivity index (χ1v) is 7.21. The van der Waals surface area contributed by atoms with Gasteiger partial charge in [0.15, 0.2) is 5.65 Å². The SMILES string of the molecule is Clc1cc(C2CC2)c2nccn2n1.FC(F)c1cccnc1. The number of hydrogen-bond acceptors (Lipinski definition) is 3. The molecule has 0 aliphatic heterocycles. The number of hydrogen-bond donors (Lipinski definition) is 0.